The van der Waals surface area contributed by atoms with Gasteiger partial charge in [0.05, 0.1) is 0 Å². The first-order valence-corrected chi connectivity index (χ1v) is 6.33. The molecule has 6 heteroatoms. The third-order valence-corrected chi connectivity index (χ3v) is 3.85. The highest BCUT2D eigenvalue weighted by Gasteiger charge is 2.39. The number of halogens is 1. The lowest BCUT2D eigenvalue weighted by Crippen LogP contribution is -3.00. The molecule has 0 amide bonds. The molecule has 0 aromatic carbocycles. The largest absolute Gasteiger partial charge is 1.00 e. The molecule has 0 saturated carbocycles. The van der Waals surface area contributed by atoms with E-state index in [0.717, 1.165) is 11.8 Å². The summed E-state index contributed by atoms with van der Waals surface area (Å²) in [6, 6.07) is 0. The van der Waals surface area contributed by atoms with Gasteiger partial charge in [-0.1, -0.05) is 13.0 Å². The van der Waals surface area contributed by atoms with E-state index < -0.39 is 15.4 Å². The standard InChI is InChI=1S/C9H15NO3S.HI/c1-4-7-5-6-9(2,10-11)8(7)14(3,12)13;/h5-6H,4,10H2,1-3H3;1H/p-1. The third kappa shape index (κ3) is 2.80. The van der Waals surface area contributed by atoms with Crippen LogP contribution in [0.1, 0.15) is 20.3 Å². The number of hydrogen-bond donors (Lipinski definition) is 1. The molecule has 15 heavy (non-hydrogen) atoms. The molecule has 0 spiro atoms. The monoisotopic (exact) mass is 344 g/mol. The molecule has 0 saturated heterocycles. The average Bonchev–Trinajstić information content (AvgIpc) is 2.43. The average molecular weight is 344 g/mol. The summed E-state index contributed by atoms with van der Waals surface area (Å²) in [5, 5.41) is 10.9. The lowest BCUT2D eigenvalue weighted by atomic mass is 10.1. The Morgan fingerprint density at radius 2 is 2.07 bits per heavy atom. The number of rotatable bonds is 3. The van der Waals surface area contributed by atoms with Crippen LogP contribution in [-0.4, -0.2) is 20.2 Å². The van der Waals surface area contributed by atoms with Crippen LogP contribution < -0.4 is 29.5 Å². The van der Waals surface area contributed by atoms with E-state index in [4.69, 9.17) is 0 Å². The first kappa shape index (κ1) is 15.1. The number of hydroxylamine groups is 1. The lowest BCUT2D eigenvalue weighted by molar-refractivity contribution is -0.641. The molecule has 0 fully saturated rings. The van der Waals surface area contributed by atoms with Gasteiger partial charge in [-0.3, -0.25) is 0 Å². The van der Waals surface area contributed by atoms with Crippen molar-refractivity contribution in [1.29, 1.82) is 0 Å². The summed E-state index contributed by atoms with van der Waals surface area (Å²) in [6.45, 7) is 3.50. The van der Waals surface area contributed by atoms with Crippen LogP contribution in [0.3, 0.4) is 0 Å². The summed E-state index contributed by atoms with van der Waals surface area (Å²) in [6.07, 6.45) is 5.15. The number of quaternary nitrogens is 1. The van der Waals surface area contributed by atoms with Crippen molar-refractivity contribution in [2.45, 2.75) is 25.8 Å². The van der Waals surface area contributed by atoms with Crippen molar-refractivity contribution in [3.8, 4) is 0 Å². The molecule has 2 N–H and O–H groups in total. The minimum Gasteiger partial charge on any atom is -1.00 e. The summed E-state index contributed by atoms with van der Waals surface area (Å²) < 4.78 is 23.0. The van der Waals surface area contributed by atoms with Gasteiger partial charge in [-0.2, -0.15) is 0 Å². The first-order valence-electron chi connectivity index (χ1n) is 4.44. The van der Waals surface area contributed by atoms with Gasteiger partial charge in [-0.25, -0.2) is 8.42 Å². The van der Waals surface area contributed by atoms with E-state index in [9.17, 15) is 13.6 Å². The summed E-state index contributed by atoms with van der Waals surface area (Å²) in [7, 11) is -3.30. The maximum atomic E-state index is 11.5. The molecule has 1 atom stereocenters. The molecule has 88 valence electrons. The van der Waals surface area contributed by atoms with Gasteiger partial charge in [0.2, 0.25) is 0 Å². The van der Waals surface area contributed by atoms with E-state index >= 15 is 0 Å². The second kappa shape index (κ2) is 4.94. The highest BCUT2D eigenvalue weighted by atomic mass is 127. The van der Waals surface area contributed by atoms with Crippen LogP contribution in [0.4, 0.5) is 0 Å². The van der Waals surface area contributed by atoms with Crippen molar-refractivity contribution in [1.82, 2.24) is 0 Å². The molecule has 1 unspecified atom stereocenters. The molecule has 0 aromatic rings. The second-order valence-corrected chi connectivity index (χ2v) is 5.67. The Hall–Kier alpha value is 0.0800. The molecule has 1 aliphatic carbocycles. The fraction of sp³-hybridized carbons (Fsp3) is 0.556. The molecule has 0 aliphatic heterocycles. The molecule has 0 radical (unpaired) electrons. The zero-order chi connectivity index (χ0) is 11.0. The Bertz CT molecular complexity index is 400. The van der Waals surface area contributed by atoms with Gasteiger partial charge in [-0.15, -0.1) is 0 Å². The fourth-order valence-corrected chi connectivity index (χ4v) is 3.38. The number of nitrogens with two attached hydrogens (primary N) is 1. The third-order valence-electron chi connectivity index (χ3n) is 2.41. The van der Waals surface area contributed by atoms with Crippen LogP contribution >= 0.6 is 0 Å². The summed E-state index contributed by atoms with van der Waals surface area (Å²) in [4.78, 5) is 0.252. The fourth-order valence-electron chi connectivity index (χ4n) is 1.78. The molecule has 1 rings (SSSR count). The van der Waals surface area contributed by atoms with Gasteiger partial charge < -0.3 is 34.7 Å². The first-order chi connectivity index (χ1) is 6.35. The highest BCUT2D eigenvalue weighted by Crippen LogP contribution is 2.31. The smallest absolute Gasteiger partial charge is 0.178 e. The lowest BCUT2D eigenvalue weighted by Gasteiger charge is -2.25. The topological polar surface area (TPSA) is 73.8 Å². The van der Waals surface area contributed by atoms with Gasteiger partial charge in [-0.05, 0) is 25.0 Å². The molecular formula is C9H15INO3S-. The van der Waals surface area contributed by atoms with Crippen LogP contribution in [0.5, 0.6) is 0 Å². The predicted octanol–water partition coefficient (Wildman–Crippen LogP) is -2.91. The van der Waals surface area contributed by atoms with Crippen molar-refractivity contribution in [2.75, 3.05) is 6.26 Å². The van der Waals surface area contributed by atoms with Gasteiger partial charge in [0.25, 0.3) is 0 Å². The summed E-state index contributed by atoms with van der Waals surface area (Å²) in [5.41, 5.74) is 0.462. The van der Waals surface area contributed by atoms with Gasteiger partial charge in [0.15, 0.2) is 9.84 Å². The zero-order valence-corrected chi connectivity index (χ0v) is 11.9. The quantitative estimate of drug-likeness (QED) is 0.441. The Morgan fingerprint density at radius 3 is 2.40 bits per heavy atom. The van der Waals surface area contributed by atoms with Crippen molar-refractivity contribution in [3.63, 3.8) is 0 Å². The predicted molar refractivity (Wildman–Crippen MR) is 55.0 cm³/mol. The maximum absolute atomic E-state index is 11.5. The van der Waals surface area contributed by atoms with Crippen LogP contribution in [0.25, 0.3) is 0 Å². The van der Waals surface area contributed by atoms with E-state index in [-0.39, 0.29) is 28.9 Å². The van der Waals surface area contributed by atoms with E-state index in [1.165, 1.54) is 0 Å². The van der Waals surface area contributed by atoms with E-state index in [1.807, 2.05) is 6.92 Å². The Labute approximate surface area is 107 Å². The van der Waals surface area contributed by atoms with Crippen LogP contribution in [0.15, 0.2) is 22.6 Å². The molecular weight excluding hydrogens is 329 g/mol. The second-order valence-electron chi connectivity index (χ2n) is 3.71. The number of sulfone groups is 1. The highest BCUT2D eigenvalue weighted by molar-refractivity contribution is 7.94. The number of hydrogen-bond acceptors (Lipinski definition) is 3. The number of allylic oxidation sites excluding steroid dienone is 2. The Balaban J connectivity index is 0.00000196. The molecule has 0 aromatic heterocycles. The van der Waals surface area contributed by atoms with E-state index in [0.29, 0.717) is 11.9 Å². The van der Waals surface area contributed by atoms with Gasteiger partial charge in [0, 0.05) is 6.26 Å². The van der Waals surface area contributed by atoms with Crippen LogP contribution in [-0.2, 0) is 9.84 Å². The van der Waals surface area contributed by atoms with Crippen LogP contribution in [0.2, 0.25) is 0 Å². The van der Waals surface area contributed by atoms with Crippen molar-refractivity contribution < 1.29 is 37.9 Å². The molecule has 4 nitrogen and oxygen atoms in total. The molecule has 0 heterocycles. The van der Waals surface area contributed by atoms with Crippen molar-refractivity contribution in [3.05, 3.63) is 27.8 Å². The normalized spacial score (nSPS) is 25.6. The summed E-state index contributed by atoms with van der Waals surface area (Å²) >= 11 is 0. The SMILES string of the molecule is CCC1=C(S(C)(=O)=O)C(C)([NH2+][O-])C=C1.[I-]. The van der Waals surface area contributed by atoms with E-state index in [1.54, 1.807) is 19.1 Å². The maximum Gasteiger partial charge on any atom is 0.178 e. The molecule has 0 bridgehead atoms. The van der Waals surface area contributed by atoms with Crippen LogP contribution in [0, 0.1) is 5.21 Å². The zero-order valence-electron chi connectivity index (χ0n) is 8.95. The van der Waals surface area contributed by atoms with Gasteiger partial charge >= 0.3 is 0 Å². The minimum atomic E-state index is -3.30. The van der Waals surface area contributed by atoms with Crippen molar-refractivity contribution >= 4 is 9.84 Å². The Kier molecular flexibility index (Phi) is 4.97. The van der Waals surface area contributed by atoms with Crippen molar-refractivity contribution in [2.24, 2.45) is 0 Å². The van der Waals surface area contributed by atoms with Gasteiger partial charge in [0.1, 0.15) is 10.4 Å². The van der Waals surface area contributed by atoms with E-state index in [2.05, 4.69) is 0 Å². The Morgan fingerprint density at radius 1 is 1.53 bits per heavy atom. The minimum absolute atomic E-state index is 0. The molecule has 1 aliphatic rings. The summed E-state index contributed by atoms with van der Waals surface area (Å²) in [5.74, 6) is 0.